The van der Waals surface area contributed by atoms with Crippen molar-refractivity contribution in [2.24, 2.45) is 5.41 Å². The fourth-order valence-electron chi connectivity index (χ4n) is 3.68. The topological polar surface area (TPSA) is 65.8 Å². The van der Waals surface area contributed by atoms with Gasteiger partial charge in [-0.2, -0.15) is 0 Å². The van der Waals surface area contributed by atoms with Crippen LogP contribution in [0.1, 0.15) is 48.9 Å². The highest BCUT2D eigenvalue weighted by Crippen LogP contribution is 2.27. The number of carbonyl (C=O) groups is 2. The van der Waals surface area contributed by atoms with Crippen molar-refractivity contribution in [2.45, 2.75) is 40.3 Å². The monoisotopic (exact) mass is 447 g/mol. The largest absolute Gasteiger partial charge is 0.459 e. The predicted octanol–water partition coefficient (Wildman–Crippen LogP) is 5.56. The average molecular weight is 448 g/mol. The van der Waals surface area contributed by atoms with E-state index in [9.17, 15) is 9.59 Å². The van der Waals surface area contributed by atoms with Crippen LogP contribution >= 0.6 is 0 Å². The van der Waals surface area contributed by atoms with E-state index in [1.165, 1.54) is 6.26 Å². The average Bonchev–Trinajstić information content (AvgIpc) is 3.27. The molecule has 0 spiro atoms. The summed E-state index contributed by atoms with van der Waals surface area (Å²) in [6, 6.07) is 19.1. The molecule has 6 heteroatoms. The summed E-state index contributed by atoms with van der Waals surface area (Å²) in [7, 11) is 3.93. The highest BCUT2D eigenvalue weighted by molar-refractivity contribution is 5.92. The normalized spacial score (nSPS) is 11.2. The van der Waals surface area contributed by atoms with E-state index in [2.05, 4.69) is 5.32 Å². The minimum atomic E-state index is -0.185. The molecule has 3 aromatic rings. The molecule has 1 N–H and O–H groups in total. The van der Waals surface area contributed by atoms with Gasteiger partial charge in [-0.3, -0.25) is 9.59 Å². The van der Waals surface area contributed by atoms with Crippen LogP contribution in [0.15, 0.2) is 71.3 Å². The minimum absolute atomic E-state index is 0.0288. The van der Waals surface area contributed by atoms with E-state index >= 15 is 0 Å². The Bertz CT molecular complexity index is 1070. The van der Waals surface area contributed by atoms with E-state index in [1.807, 2.05) is 88.3 Å². The minimum Gasteiger partial charge on any atom is -0.459 e. The summed E-state index contributed by atoms with van der Waals surface area (Å²) in [5.74, 6) is 0.0848. The molecule has 0 aliphatic heterocycles. The van der Waals surface area contributed by atoms with Crippen LogP contribution < -0.4 is 10.2 Å². The molecule has 2 amide bonds. The van der Waals surface area contributed by atoms with Gasteiger partial charge in [0.1, 0.15) is 0 Å². The Hall–Kier alpha value is -3.54. The first-order valence-corrected chi connectivity index (χ1v) is 11.1. The second kappa shape index (κ2) is 10.4. The fraction of sp³-hybridized carbons (Fsp3) is 0.333. The van der Waals surface area contributed by atoms with Crippen molar-refractivity contribution >= 4 is 23.2 Å². The van der Waals surface area contributed by atoms with Gasteiger partial charge >= 0.3 is 0 Å². The number of nitrogens with zero attached hydrogens (tertiary/aromatic N) is 2. The molecule has 6 nitrogen and oxygen atoms in total. The zero-order chi connectivity index (χ0) is 24.0. The molecule has 0 radical (unpaired) electrons. The smallest absolute Gasteiger partial charge is 0.290 e. The van der Waals surface area contributed by atoms with Crippen molar-refractivity contribution in [1.82, 2.24) is 4.90 Å². The first-order valence-electron chi connectivity index (χ1n) is 11.1. The van der Waals surface area contributed by atoms with E-state index in [4.69, 9.17) is 4.42 Å². The summed E-state index contributed by atoms with van der Waals surface area (Å²) >= 11 is 0. The summed E-state index contributed by atoms with van der Waals surface area (Å²) in [5, 5.41) is 3.01. The van der Waals surface area contributed by atoms with E-state index in [0.29, 0.717) is 25.3 Å². The lowest BCUT2D eigenvalue weighted by atomic mass is 9.92. The summed E-state index contributed by atoms with van der Waals surface area (Å²) < 4.78 is 5.39. The molecule has 0 unspecified atom stereocenters. The summed E-state index contributed by atoms with van der Waals surface area (Å²) in [6.45, 7) is 6.91. The van der Waals surface area contributed by atoms with Gasteiger partial charge in [0.05, 0.1) is 6.26 Å². The van der Waals surface area contributed by atoms with E-state index < -0.39 is 0 Å². The van der Waals surface area contributed by atoms with Crippen LogP contribution in [0, 0.1) is 5.41 Å². The molecular weight excluding hydrogens is 414 g/mol. The van der Waals surface area contributed by atoms with Gasteiger partial charge in [-0.25, -0.2) is 0 Å². The summed E-state index contributed by atoms with van der Waals surface area (Å²) in [4.78, 5) is 29.5. The molecule has 1 aromatic heterocycles. The van der Waals surface area contributed by atoms with Gasteiger partial charge in [-0.15, -0.1) is 0 Å². The Morgan fingerprint density at radius 1 is 0.939 bits per heavy atom. The highest BCUT2D eigenvalue weighted by Gasteiger charge is 2.22. The van der Waals surface area contributed by atoms with Crippen LogP contribution in [-0.2, 0) is 17.9 Å². The van der Waals surface area contributed by atoms with Gasteiger partial charge in [-0.1, -0.05) is 51.1 Å². The maximum absolute atomic E-state index is 13.3. The number of benzene rings is 2. The standard InChI is InChI=1S/C27H33N3O3/c1-27(2,3)17-25(31)28-22-13-14-23(29(4)5)21(16-22)19-30(18-20-10-7-6-8-11-20)26(32)24-12-9-15-33-24/h6-16H,17-19H2,1-5H3,(H,28,31). The van der Waals surface area contributed by atoms with Crippen LogP contribution in [-0.4, -0.2) is 30.8 Å². The Balaban J connectivity index is 1.91. The van der Waals surface area contributed by atoms with Crippen molar-refractivity contribution in [2.75, 3.05) is 24.3 Å². The quantitative estimate of drug-likeness (QED) is 0.491. The first kappa shape index (κ1) is 24.1. The van der Waals surface area contributed by atoms with Crippen LogP contribution in [0.5, 0.6) is 0 Å². The van der Waals surface area contributed by atoms with Gasteiger partial charge in [-0.05, 0) is 46.9 Å². The Morgan fingerprint density at radius 2 is 1.67 bits per heavy atom. The molecule has 1 heterocycles. The van der Waals surface area contributed by atoms with Gasteiger partial charge in [0, 0.05) is 45.0 Å². The molecule has 3 rings (SSSR count). The van der Waals surface area contributed by atoms with Crippen molar-refractivity contribution in [1.29, 1.82) is 0 Å². The van der Waals surface area contributed by atoms with E-state index in [1.54, 1.807) is 17.0 Å². The van der Waals surface area contributed by atoms with Crippen LogP contribution in [0.2, 0.25) is 0 Å². The van der Waals surface area contributed by atoms with Gasteiger partial charge in [0.2, 0.25) is 5.91 Å². The third-order valence-electron chi connectivity index (χ3n) is 5.13. The molecule has 33 heavy (non-hydrogen) atoms. The molecule has 0 saturated heterocycles. The predicted molar refractivity (Wildman–Crippen MR) is 132 cm³/mol. The van der Waals surface area contributed by atoms with Gasteiger partial charge < -0.3 is 19.5 Å². The fourth-order valence-corrected chi connectivity index (χ4v) is 3.68. The number of hydrogen-bond donors (Lipinski definition) is 1. The van der Waals surface area contributed by atoms with Crippen LogP contribution in [0.3, 0.4) is 0 Å². The number of rotatable bonds is 8. The van der Waals surface area contributed by atoms with Gasteiger partial charge in [0.15, 0.2) is 5.76 Å². The number of carbonyl (C=O) groups excluding carboxylic acids is 2. The Labute approximate surface area is 196 Å². The lowest BCUT2D eigenvalue weighted by Gasteiger charge is -2.26. The van der Waals surface area contributed by atoms with Crippen molar-refractivity contribution in [3.8, 4) is 0 Å². The lowest BCUT2D eigenvalue weighted by Crippen LogP contribution is -2.30. The van der Waals surface area contributed by atoms with E-state index in [0.717, 1.165) is 22.5 Å². The maximum atomic E-state index is 13.3. The molecule has 0 fully saturated rings. The summed E-state index contributed by atoms with van der Waals surface area (Å²) in [6.07, 6.45) is 1.93. The van der Waals surface area contributed by atoms with E-state index in [-0.39, 0.29) is 17.2 Å². The number of hydrogen-bond acceptors (Lipinski definition) is 4. The van der Waals surface area contributed by atoms with Crippen molar-refractivity contribution in [3.05, 3.63) is 83.8 Å². The SMILES string of the molecule is CN(C)c1ccc(NC(=O)CC(C)(C)C)cc1CN(Cc1ccccc1)C(=O)c1ccco1. The summed E-state index contributed by atoms with van der Waals surface area (Å²) in [5.41, 5.74) is 3.56. The molecule has 174 valence electrons. The maximum Gasteiger partial charge on any atom is 0.290 e. The highest BCUT2D eigenvalue weighted by atomic mass is 16.3. The molecule has 0 bridgehead atoms. The zero-order valence-electron chi connectivity index (χ0n) is 20.1. The van der Waals surface area contributed by atoms with Crippen LogP contribution in [0.25, 0.3) is 0 Å². The zero-order valence-corrected chi connectivity index (χ0v) is 20.1. The van der Waals surface area contributed by atoms with Crippen LogP contribution in [0.4, 0.5) is 11.4 Å². The Kier molecular flexibility index (Phi) is 7.59. The molecule has 0 atom stereocenters. The third-order valence-corrected chi connectivity index (χ3v) is 5.13. The molecule has 0 aliphatic carbocycles. The number of nitrogens with one attached hydrogen (secondary N) is 1. The number of furan rings is 1. The molecule has 2 aromatic carbocycles. The lowest BCUT2D eigenvalue weighted by molar-refractivity contribution is -0.117. The number of amides is 2. The van der Waals surface area contributed by atoms with Crippen molar-refractivity contribution in [3.63, 3.8) is 0 Å². The van der Waals surface area contributed by atoms with Gasteiger partial charge in [0.25, 0.3) is 5.91 Å². The second-order valence-corrected chi connectivity index (χ2v) is 9.65. The second-order valence-electron chi connectivity index (χ2n) is 9.65. The molecular formula is C27H33N3O3. The van der Waals surface area contributed by atoms with Crippen molar-refractivity contribution < 1.29 is 14.0 Å². The molecule has 0 saturated carbocycles. The molecule has 0 aliphatic rings. The number of anilines is 2. The third kappa shape index (κ3) is 6.97. The Morgan fingerprint density at radius 3 is 2.27 bits per heavy atom. The first-order chi connectivity index (χ1) is 15.6.